The first-order valence-electron chi connectivity index (χ1n) is 6.68. The Bertz CT molecular complexity index is 440. The van der Waals surface area contributed by atoms with Gasteiger partial charge in [0.1, 0.15) is 11.4 Å². The van der Waals surface area contributed by atoms with Crippen molar-refractivity contribution in [3.8, 4) is 0 Å². The van der Waals surface area contributed by atoms with Gasteiger partial charge in [0.2, 0.25) is 0 Å². The predicted octanol–water partition coefficient (Wildman–Crippen LogP) is 3.32. The fourth-order valence-corrected chi connectivity index (χ4v) is 3.99. The van der Waals surface area contributed by atoms with Crippen LogP contribution in [0.3, 0.4) is 0 Å². The first-order chi connectivity index (χ1) is 9.43. The Balaban J connectivity index is 3.19. The maximum Gasteiger partial charge on any atom is 0.353 e. The molecule has 0 heterocycles. The Morgan fingerprint density at radius 2 is 1.70 bits per heavy atom. The zero-order valence-corrected chi connectivity index (χ0v) is 13.4. The van der Waals surface area contributed by atoms with Crippen LogP contribution >= 0.6 is 7.60 Å². The van der Waals surface area contributed by atoms with Crippen LogP contribution in [0.25, 0.3) is 0 Å². The molecular formula is C14H24NO4P. The van der Waals surface area contributed by atoms with Crippen LogP contribution in [-0.4, -0.2) is 25.6 Å². The smallest absolute Gasteiger partial charge is 0.353 e. The summed E-state index contributed by atoms with van der Waals surface area (Å²) >= 11 is 0. The molecule has 0 bridgehead atoms. The lowest BCUT2D eigenvalue weighted by atomic mass is 10.0. The number of nitrogens with two attached hydrogens (primary N) is 1. The molecular weight excluding hydrogens is 277 g/mol. The topological polar surface area (TPSA) is 70.8 Å². The summed E-state index contributed by atoms with van der Waals surface area (Å²) in [5.41, 5.74) is 7.15. The summed E-state index contributed by atoms with van der Waals surface area (Å²) in [6, 6.07) is 9.41. The minimum Gasteiger partial charge on any atom is -0.374 e. The number of methoxy groups -OCH3 is 1. The molecule has 1 rings (SSSR count). The summed E-state index contributed by atoms with van der Waals surface area (Å²) in [6.45, 7) is 5.67. The van der Waals surface area contributed by atoms with Crippen LogP contribution in [0.1, 0.15) is 32.4 Å². The average molecular weight is 301 g/mol. The molecule has 1 aromatic carbocycles. The van der Waals surface area contributed by atoms with Crippen molar-refractivity contribution in [2.75, 3.05) is 20.3 Å². The van der Waals surface area contributed by atoms with Crippen LogP contribution in [0, 0.1) is 0 Å². The molecule has 1 aromatic rings. The van der Waals surface area contributed by atoms with Gasteiger partial charge in [-0.15, -0.1) is 0 Å². The lowest BCUT2D eigenvalue weighted by Crippen LogP contribution is -2.44. The van der Waals surface area contributed by atoms with Crippen molar-refractivity contribution in [2.45, 2.75) is 32.2 Å². The summed E-state index contributed by atoms with van der Waals surface area (Å²) in [4.78, 5) is 0. The highest BCUT2D eigenvalue weighted by Gasteiger charge is 2.50. The standard InChI is InChI=1S/C14H24NO4P/c1-5-18-20(16,19-6-2)14(3,15)13(17-4)12-10-8-7-9-11-12/h7-11,13H,5-6,15H2,1-4H3/t13-,14+/m0/s1. The van der Waals surface area contributed by atoms with Gasteiger partial charge < -0.3 is 19.5 Å². The Morgan fingerprint density at radius 1 is 1.20 bits per heavy atom. The highest BCUT2D eigenvalue weighted by Crippen LogP contribution is 2.62. The van der Waals surface area contributed by atoms with E-state index in [1.54, 1.807) is 20.8 Å². The molecule has 0 aliphatic carbocycles. The molecule has 2 N–H and O–H groups in total. The third-order valence-corrected chi connectivity index (χ3v) is 5.67. The molecule has 114 valence electrons. The molecule has 0 unspecified atom stereocenters. The maximum absolute atomic E-state index is 13.0. The SMILES string of the molecule is CCOP(=O)(OCC)[C@@](C)(N)[C@@H](OC)c1ccccc1. The van der Waals surface area contributed by atoms with Gasteiger partial charge in [-0.1, -0.05) is 30.3 Å². The van der Waals surface area contributed by atoms with Crippen LogP contribution in [0.2, 0.25) is 0 Å². The average Bonchev–Trinajstić information content (AvgIpc) is 2.41. The van der Waals surface area contributed by atoms with Gasteiger partial charge in [0.25, 0.3) is 0 Å². The van der Waals surface area contributed by atoms with E-state index in [1.165, 1.54) is 7.11 Å². The Kier molecular flexibility index (Phi) is 6.37. The van der Waals surface area contributed by atoms with Crippen LogP contribution in [0.15, 0.2) is 30.3 Å². The summed E-state index contributed by atoms with van der Waals surface area (Å²) in [6.07, 6.45) is -0.590. The molecule has 2 atom stereocenters. The van der Waals surface area contributed by atoms with Crippen molar-refractivity contribution in [1.29, 1.82) is 0 Å². The summed E-state index contributed by atoms with van der Waals surface area (Å²) < 4.78 is 29.2. The van der Waals surface area contributed by atoms with E-state index in [4.69, 9.17) is 19.5 Å². The third-order valence-electron chi connectivity index (χ3n) is 3.06. The zero-order valence-electron chi connectivity index (χ0n) is 12.5. The van der Waals surface area contributed by atoms with Crippen molar-refractivity contribution in [3.05, 3.63) is 35.9 Å². The largest absolute Gasteiger partial charge is 0.374 e. The van der Waals surface area contributed by atoms with Crippen molar-refractivity contribution < 1.29 is 18.3 Å². The highest BCUT2D eigenvalue weighted by atomic mass is 31.2. The second-order valence-electron chi connectivity index (χ2n) is 4.59. The molecule has 0 amide bonds. The molecule has 0 saturated heterocycles. The molecule has 0 aromatic heterocycles. The van der Waals surface area contributed by atoms with Crippen molar-refractivity contribution in [1.82, 2.24) is 0 Å². The second-order valence-corrected chi connectivity index (χ2v) is 7.06. The van der Waals surface area contributed by atoms with Crippen LogP contribution in [-0.2, 0) is 18.3 Å². The molecule has 0 saturated carbocycles. The number of hydrogen-bond donors (Lipinski definition) is 1. The minimum atomic E-state index is -3.51. The lowest BCUT2D eigenvalue weighted by Gasteiger charge is -2.38. The van der Waals surface area contributed by atoms with E-state index in [2.05, 4.69) is 0 Å². The van der Waals surface area contributed by atoms with Crippen LogP contribution in [0.5, 0.6) is 0 Å². The second kappa shape index (κ2) is 7.34. The number of rotatable bonds is 8. The fraction of sp³-hybridized carbons (Fsp3) is 0.571. The first-order valence-corrected chi connectivity index (χ1v) is 8.23. The molecule has 0 aliphatic rings. The van der Waals surface area contributed by atoms with Crippen LogP contribution in [0.4, 0.5) is 0 Å². The number of benzene rings is 1. The van der Waals surface area contributed by atoms with Gasteiger partial charge in [-0.05, 0) is 26.3 Å². The van der Waals surface area contributed by atoms with Gasteiger partial charge in [0.05, 0.1) is 13.2 Å². The van der Waals surface area contributed by atoms with Gasteiger partial charge in [-0.25, -0.2) is 0 Å². The maximum atomic E-state index is 13.0. The monoisotopic (exact) mass is 301 g/mol. The van der Waals surface area contributed by atoms with E-state index in [-0.39, 0.29) is 13.2 Å². The minimum absolute atomic E-state index is 0.259. The van der Waals surface area contributed by atoms with Gasteiger partial charge in [0.15, 0.2) is 0 Å². The van der Waals surface area contributed by atoms with Crippen molar-refractivity contribution >= 4 is 7.60 Å². The number of ether oxygens (including phenoxy) is 1. The molecule has 0 radical (unpaired) electrons. The van der Waals surface area contributed by atoms with E-state index >= 15 is 0 Å². The third kappa shape index (κ3) is 3.48. The van der Waals surface area contributed by atoms with Gasteiger partial charge in [-0.3, -0.25) is 4.57 Å². The fourth-order valence-electron chi connectivity index (χ4n) is 2.14. The Morgan fingerprint density at radius 3 is 2.10 bits per heavy atom. The Hall–Kier alpha value is -0.710. The van der Waals surface area contributed by atoms with E-state index in [9.17, 15) is 4.57 Å². The summed E-state index contributed by atoms with van der Waals surface area (Å²) in [7, 11) is -1.97. The van der Waals surface area contributed by atoms with Gasteiger partial charge >= 0.3 is 7.60 Å². The van der Waals surface area contributed by atoms with E-state index in [0.29, 0.717) is 0 Å². The van der Waals surface area contributed by atoms with E-state index in [0.717, 1.165) is 5.56 Å². The predicted molar refractivity (Wildman–Crippen MR) is 79.6 cm³/mol. The summed E-state index contributed by atoms with van der Waals surface area (Å²) in [5.74, 6) is 0. The van der Waals surface area contributed by atoms with Crippen molar-refractivity contribution in [2.24, 2.45) is 5.73 Å². The van der Waals surface area contributed by atoms with E-state index < -0.39 is 19.0 Å². The first kappa shape index (κ1) is 17.3. The van der Waals surface area contributed by atoms with Crippen molar-refractivity contribution in [3.63, 3.8) is 0 Å². The normalized spacial score (nSPS) is 16.6. The summed E-state index contributed by atoms with van der Waals surface area (Å²) in [5, 5.41) is -1.28. The van der Waals surface area contributed by atoms with Gasteiger partial charge in [-0.2, -0.15) is 0 Å². The quantitative estimate of drug-likeness (QED) is 0.746. The molecule has 0 fully saturated rings. The highest BCUT2D eigenvalue weighted by molar-refractivity contribution is 7.55. The van der Waals surface area contributed by atoms with Gasteiger partial charge in [0, 0.05) is 7.11 Å². The molecule has 0 aliphatic heterocycles. The molecule has 5 nitrogen and oxygen atoms in total. The molecule has 6 heteroatoms. The zero-order chi connectivity index (χ0) is 15.2. The number of hydrogen-bond acceptors (Lipinski definition) is 5. The molecule has 20 heavy (non-hydrogen) atoms. The molecule has 0 spiro atoms. The lowest BCUT2D eigenvalue weighted by molar-refractivity contribution is 0.0533. The van der Waals surface area contributed by atoms with Crippen LogP contribution < -0.4 is 5.73 Å². The Labute approximate surface area is 120 Å². The van der Waals surface area contributed by atoms with E-state index in [1.807, 2.05) is 30.3 Å².